The molecule has 0 radical (unpaired) electrons. The average molecular weight is 321 g/mol. The molecule has 2 aromatic rings. The first-order valence-corrected chi connectivity index (χ1v) is 6.99. The number of nitrogens with one attached hydrogen (secondary N) is 1. The van der Waals surface area contributed by atoms with E-state index in [1.807, 2.05) is 49.6 Å². The van der Waals surface area contributed by atoms with Gasteiger partial charge in [0, 0.05) is 22.8 Å². The van der Waals surface area contributed by atoms with Gasteiger partial charge in [0.15, 0.2) is 0 Å². The maximum absolute atomic E-state index is 5.66. The zero-order valence-electron chi connectivity index (χ0n) is 11.1. The molecule has 4 heteroatoms. The van der Waals surface area contributed by atoms with E-state index in [1.165, 1.54) is 0 Å². The number of halogens is 1. The Morgan fingerprint density at radius 3 is 2.79 bits per heavy atom. The van der Waals surface area contributed by atoms with Crippen molar-refractivity contribution in [1.82, 2.24) is 10.3 Å². The zero-order chi connectivity index (χ0) is 13.7. The van der Waals surface area contributed by atoms with E-state index in [4.69, 9.17) is 4.74 Å². The average Bonchev–Trinajstić information content (AvgIpc) is 2.45. The maximum atomic E-state index is 5.66. The number of pyridine rings is 1. The number of hydrogen-bond donors (Lipinski definition) is 1. The van der Waals surface area contributed by atoms with Crippen LogP contribution in [0.5, 0.6) is 5.88 Å². The number of hydrogen-bond acceptors (Lipinski definition) is 3. The van der Waals surface area contributed by atoms with Crippen molar-refractivity contribution < 1.29 is 4.74 Å². The molecule has 0 aliphatic heterocycles. The van der Waals surface area contributed by atoms with Crippen LogP contribution in [0.25, 0.3) is 0 Å². The van der Waals surface area contributed by atoms with Gasteiger partial charge in [0.25, 0.3) is 0 Å². The van der Waals surface area contributed by atoms with E-state index in [0.29, 0.717) is 18.5 Å². The molecule has 0 spiro atoms. The van der Waals surface area contributed by atoms with E-state index in [1.54, 1.807) is 0 Å². The molecule has 1 atom stereocenters. The summed E-state index contributed by atoms with van der Waals surface area (Å²) < 4.78 is 6.72. The van der Waals surface area contributed by atoms with Gasteiger partial charge in [-0.05, 0) is 37.2 Å². The Hall–Kier alpha value is -1.39. The predicted molar refractivity (Wildman–Crippen MR) is 80.2 cm³/mol. The first-order chi connectivity index (χ1) is 9.19. The van der Waals surface area contributed by atoms with E-state index in [9.17, 15) is 0 Å². The van der Waals surface area contributed by atoms with Gasteiger partial charge in [0.05, 0.1) is 0 Å². The lowest BCUT2D eigenvalue weighted by atomic mass is 10.1. The van der Waals surface area contributed by atoms with Crippen molar-refractivity contribution in [1.29, 1.82) is 0 Å². The third kappa shape index (κ3) is 4.04. The zero-order valence-corrected chi connectivity index (χ0v) is 12.6. The number of nitrogens with zero attached hydrogens (tertiary/aromatic N) is 1. The SMILES string of the molecule is CNC(C)c1ccc(OCc2cccc(Br)c2)nc1. The van der Waals surface area contributed by atoms with Gasteiger partial charge in [-0.2, -0.15) is 0 Å². The Morgan fingerprint density at radius 1 is 1.32 bits per heavy atom. The van der Waals surface area contributed by atoms with Gasteiger partial charge < -0.3 is 10.1 Å². The third-order valence-corrected chi connectivity index (χ3v) is 3.46. The Labute approximate surface area is 122 Å². The lowest BCUT2D eigenvalue weighted by Crippen LogP contribution is -2.12. The molecule has 1 heterocycles. The highest BCUT2D eigenvalue weighted by atomic mass is 79.9. The molecule has 1 aromatic heterocycles. The van der Waals surface area contributed by atoms with Gasteiger partial charge in [-0.15, -0.1) is 0 Å². The standard InChI is InChI=1S/C15H17BrN2O/c1-11(17-2)13-6-7-15(18-9-13)19-10-12-4-3-5-14(16)8-12/h3-9,11,17H,10H2,1-2H3. The van der Waals surface area contributed by atoms with Crippen molar-refractivity contribution in [2.75, 3.05) is 7.05 Å². The number of benzene rings is 1. The van der Waals surface area contributed by atoms with E-state index in [-0.39, 0.29) is 0 Å². The molecule has 0 aliphatic rings. The van der Waals surface area contributed by atoms with Gasteiger partial charge in [0.1, 0.15) is 6.61 Å². The topological polar surface area (TPSA) is 34.1 Å². The highest BCUT2D eigenvalue weighted by Gasteiger charge is 2.03. The predicted octanol–water partition coefficient (Wildman–Crippen LogP) is 3.70. The van der Waals surface area contributed by atoms with Crippen molar-refractivity contribution in [2.45, 2.75) is 19.6 Å². The van der Waals surface area contributed by atoms with Crippen molar-refractivity contribution in [3.8, 4) is 5.88 Å². The van der Waals surface area contributed by atoms with Gasteiger partial charge in [-0.25, -0.2) is 4.98 Å². The molecule has 0 bridgehead atoms. The van der Waals surface area contributed by atoms with Crippen LogP contribution in [-0.2, 0) is 6.61 Å². The largest absolute Gasteiger partial charge is 0.473 e. The summed E-state index contributed by atoms with van der Waals surface area (Å²) in [4.78, 5) is 4.31. The lowest BCUT2D eigenvalue weighted by Gasteiger charge is -2.11. The van der Waals surface area contributed by atoms with Crippen molar-refractivity contribution in [3.63, 3.8) is 0 Å². The van der Waals surface area contributed by atoms with Gasteiger partial charge in [-0.1, -0.05) is 34.1 Å². The van der Waals surface area contributed by atoms with Crippen LogP contribution < -0.4 is 10.1 Å². The third-order valence-electron chi connectivity index (χ3n) is 2.97. The molecular weight excluding hydrogens is 304 g/mol. The molecule has 2 rings (SSSR count). The molecule has 0 saturated carbocycles. The molecule has 1 N–H and O–H groups in total. The summed E-state index contributed by atoms with van der Waals surface area (Å²) in [5, 5.41) is 3.18. The summed E-state index contributed by atoms with van der Waals surface area (Å²) >= 11 is 3.44. The minimum absolute atomic E-state index is 0.298. The Kier molecular flexibility index (Phi) is 4.93. The Balaban J connectivity index is 1.96. The molecule has 1 aromatic carbocycles. The first-order valence-electron chi connectivity index (χ1n) is 6.19. The fourth-order valence-electron chi connectivity index (χ4n) is 1.68. The Bertz CT molecular complexity index is 528. The lowest BCUT2D eigenvalue weighted by molar-refractivity contribution is 0.293. The summed E-state index contributed by atoms with van der Waals surface area (Å²) in [6.45, 7) is 2.62. The van der Waals surface area contributed by atoms with Crippen molar-refractivity contribution in [2.24, 2.45) is 0 Å². The van der Waals surface area contributed by atoms with Gasteiger partial charge in [-0.3, -0.25) is 0 Å². The van der Waals surface area contributed by atoms with E-state index < -0.39 is 0 Å². The minimum Gasteiger partial charge on any atom is -0.473 e. The molecule has 0 saturated heterocycles. The summed E-state index contributed by atoms with van der Waals surface area (Å²) in [7, 11) is 1.93. The van der Waals surface area contributed by atoms with Crippen LogP contribution in [0.2, 0.25) is 0 Å². The van der Waals surface area contributed by atoms with E-state index in [2.05, 4.69) is 33.2 Å². The molecule has 0 fully saturated rings. The van der Waals surface area contributed by atoms with Crippen LogP contribution in [0.15, 0.2) is 47.1 Å². The fourth-order valence-corrected chi connectivity index (χ4v) is 2.13. The number of aromatic nitrogens is 1. The molecule has 3 nitrogen and oxygen atoms in total. The summed E-state index contributed by atoms with van der Waals surface area (Å²) in [6, 6.07) is 12.3. The second-order valence-electron chi connectivity index (χ2n) is 4.36. The normalized spacial score (nSPS) is 12.2. The van der Waals surface area contributed by atoms with Crippen LogP contribution >= 0.6 is 15.9 Å². The van der Waals surface area contributed by atoms with Crippen LogP contribution in [0.4, 0.5) is 0 Å². The molecule has 1 unspecified atom stereocenters. The smallest absolute Gasteiger partial charge is 0.213 e. The quantitative estimate of drug-likeness (QED) is 0.912. The van der Waals surface area contributed by atoms with Gasteiger partial charge in [0.2, 0.25) is 5.88 Å². The molecule has 0 aliphatic carbocycles. The second kappa shape index (κ2) is 6.68. The van der Waals surface area contributed by atoms with Crippen molar-refractivity contribution in [3.05, 3.63) is 58.2 Å². The van der Waals surface area contributed by atoms with E-state index >= 15 is 0 Å². The highest BCUT2D eigenvalue weighted by molar-refractivity contribution is 9.10. The minimum atomic E-state index is 0.298. The van der Waals surface area contributed by atoms with Crippen LogP contribution in [0, 0.1) is 0 Å². The summed E-state index contributed by atoms with van der Waals surface area (Å²) in [6.07, 6.45) is 1.84. The second-order valence-corrected chi connectivity index (χ2v) is 5.27. The Morgan fingerprint density at radius 2 is 2.16 bits per heavy atom. The van der Waals surface area contributed by atoms with Crippen molar-refractivity contribution >= 4 is 15.9 Å². The highest BCUT2D eigenvalue weighted by Crippen LogP contribution is 2.16. The number of rotatable bonds is 5. The maximum Gasteiger partial charge on any atom is 0.213 e. The van der Waals surface area contributed by atoms with E-state index in [0.717, 1.165) is 15.6 Å². The fraction of sp³-hybridized carbons (Fsp3) is 0.267. The summed E-state index contributed by atoms with van der Waals surface area (Å²) in [5.41, 5.74) is 2.26. The van der Waals surface area contributed by atoms with Crippen LogP contribution in [-0.4, -0.2) is 12.0 Å². The molecule has 100 valence electrons. The summed E-state index contributed by atoms with van der Waals surface area (Å²) in [5.74, 6) is 0.645. The number of ether oxygens (including phenoxy) is 1. The van der Waals surface area contributed by atoms with Crippen LogP contribution in [0.1, 0.15) is 24.1 Å². The molecule has 0 amide bonds. The van der Waals surface area contributed by atoms with Crippen LogP contribution in [0.3, 0.4) is 0 Å². The molecule has 19 heavy (non-hydrogen) atoms. The first kappa shape index (κ1) is 14.0. The molecular formula is C15H17BrN2O. The monoisotopic (exact) mass is 320 g/mol. The van der Waals surface area contributed by atoms with Gasteiger partial charge >= 0.3 is 0 Å².